The zero-order valence-corrected chi connectivity index (χ0v) is 7.86. The number of fused-ring (bicyclic) bond motifs is 1. The second-order valence-corrected chi connectivity index (χ2v) is 3.18. The molecule has 2 rings (SSSR count). The van der Waals surface area contributed by atoms with E-state index in [1.54, 1.807) is 0 Å². The number of benzene rings is 1. The first-order chi connectivity index (χ1) is 7.49. The fourth-order valence-corrected chi connectivity index (χ4v) is 1.33. The van der Waals surface area contributed by atoms with E-state index in [2.05, 4.69) is 10.3 Å². The van der Waals surface area contributed by atoms with E-state index in [4.69, 9.17) is 5.26 Å². The predicted octanol–water partition coefficient (Wildman–Crippen LogP) is 1.87. The molecule has 1 aromatic heterocycles. The number of nitrogens with zero attached hydrogens (tertiary/aromatic N) is 4. The Morgan fingerprint density at radius 1 is 1.38 bits per heavy atom. The zero-order chi connectivity index (χ0) is 11.8. The van der Waals surface area contributed by atoms with Gasteiger partial charge in [0.2, 0.25) is 0 Å². The van der Waals surface area contributed by atoms with Gasteiger partial charge in [0.05, 0.1) is 17.1 Å². The highest BCUT2D eigenvalue weighted by molar-refractivity contribution is 5.75. The third-order valence-electron chi connectivity index (χ3n) is 1.97. The first kappa shape index (κ1) is 10.4. The summed E-state index contributed by atoms with van der Waals surface area (Å²) in [7, 11) is 0. The van der Waals surface area contributed by atoms with Crippen molar-refractivity contribution in [1.82, 2.24) is 15.0 Å². The van der Waals surface area contributed by atoms with Gasteiger partial charge >= 0.3 is 6.18 Å². The number of halogens is 3. The van der Waals surface area contributed by atoms with Gasteiger partial charge in [0.15, 0.2) is 0 Å². The van der Waals surface area contributed by atoms with Gasteiger partial charge in [-0.2, -0.15) is 18.4 Å². The molecule has 0 saturated carbocycles. The molecule has 82 valence electrons. The van der Waals surface area contributed by atoms with Crippen molar-refractivity contribution in [2.45, 2.75) is 12.7 Å². The van der Waals surface area contributed by atoms with E-state index in [9.17, 15) is 13.2 Å². The molecule has 1 heterocycles. The van der Waals surface area contributed by atoms with E-state index >= 15 is 0 Å². The van der Waals surface area contributed by atoms with Gasteiger partial charge < -0.3 is 0 Å². The lowest BCUT2D eigenvalue weighted by molar-refractivity contribution is -0.142. The van der Waals surface area contributed by atoms with Crippen LogP contribution in [0.15, 0.2) is 18.2 Å². The maximum Gasteiger partial charge on any atom is 0.408 e. The molecule has 0 aliphatic rings. The van der Waals surface area contributed by atoms with Crippen LogP contribution in [0.4, 0.5) is 13.2 Å². The first-order valence-corrected chi connectivity index (χ1v) is 4.30. The van der Waals surface area contributed by atoms with Crippen LogP contribution >= 0.6 is 0 Å². The summed E-state index contributed by atoms with van der Waals surface area (Å²) < 4.78 is 37.2. The molecular weight excluding hydrogens is 221 g/mol. The predicted molar refractivity (Wildman–Crippen MR) is 48.3 cm³/mol. The summed E-state index contributed by atoms with van der Waals surface area (Å²) in [5, 5.41) is 15.6. The number of rotatable bonds is 1. The topological polar surface area (TPSA) is 54.5 Å². The summed E-state index contributed by atoms with van der Waals surface area (Å²) in [4.78, 5) is 0. The van der Waals surface area contributed by atoms with Crippen LogP contribution in [0.25, 0.3) is 11.0 Å². The molecule has 0 spiro atoms. The molecule has 1 aromatic carbocycles. The fraction of sp³-hybridized carbons (Fsp3) is 0.222. The van der Waals surface area contributed by atoms with E-state index in [1.165, 1.54) is 18.2 Å². The van der Waals surface area contributed by atoms with E-state index in [0.717, 1.165) is 4.68 Å². The van der Waals surface area contributed by atoms with Gasteiger partial charge in [-0.15, -0.1) is 5.10 Å². The van der Waals surface area contributed by atoms with Crippen LogP contribution in [0.1, 0.15) is 5.56 Å². The van der Waals surface area contributed by atoms with Crippen molar-refractivity contribution in [1.29, 1.82) is 5.26 Å². The lowest BCUT2D eigenvalue weighted by atomic mass is 10.2. The Kier molecular flexibility index (Phi) is 2.27. The van der Waals surface area contributed by atoms with E-state index in [0.29, 0.717) is 5.56 Å². The van der Waals surface area contributed by atoms with Gasteiger partial charge in [-0.3, -0.25) is 0 Å². The third-order valence-corrected chi connectivity index (χ3v) is 1.97. The molecule has 0 saturated heterocycles. The first-order valence-electron chi connectivity index (χ1n) is 4.30. The average Bonchev–Trinajstić information content (AvgIpc) is 2.58. The Morgan fingerprint density at radius 3 is 2.75 bits per heavy atom. The van der Waals surface area contributed by atoms with Crippen molar-refractivity contribution in [3.63, 3.8) is 0 Å². The van der Waals surface area contributed by atoms with E-state index in [-0.39, 0.29) is 11.0 Å². The fourth-order valence-electron chi connectivity index (χ4n) is 1.33. The Labute approximate surface area is 87.9 Å². The van der Waals surface area contributed by atoms with E-state index < -0.39 is 12.7 Å². The molecule has 16 heavy (non-hydrogen) atoms. The van der Waals surface area contributed by atoms with Crippen LogP contribution in [0.5, 0.6) is 0 Å². The molecule has 0 N–H and O–H groups in total. The van der Waals surface area contributed by atoms with Crippen molar-refractivity contribution in [2.24, 2.45) is 0 Å². The Balaban J connectivity index is 2.47. The molecule has 0 aliphatic carbocycles. The maximum absolute atomic E-state index is 12.2. The summed E-state index contributed by atoms with van der Waals surface area (Å²) in [6.07, 6.45) is -4.34. The van der Waals surface area contributed by atoms with Crippen molar-refractivity contribution >= 4 is 11.0 Å². The molecular formula is C9H5F3N4. The summed E-state index contributed by atoms with van der Waals surface area (Å²) >= 11 is 0. The quantitative estimate of drug-likeness (QED) is 0.745. The minimum absolute atomic E-state index is 0.260. The second-order valence-electron chi connectivity index (χ2n) is 3.18. The minimum atomic E-state index is -4.34. The second kappa shape index (κ2) is 3.48. The summed E-state index contributed by atoms with van der Waals surface area (Å²) in [5.74, 6) is 0. The molecule has 0 atom stereocenters. The highest BCUT2D eigenvalue weighted by Crippen LogP contribution is 2.20. The molecule has 0 aliphatic heterocycles. The Hall–Kier alpha value is -2.10. The van der Waals surface area contributed by atoms with Gasteiger partial charge in [-0.05, 0) is 18.2 Å². The average molecular weight is 226 g/mol. The lowest BCUT2D eigenvalue weighted by Crippen LogP contribution is -2.18. The van der Waals surface area contributed by atoms with Crippen molar-refractivity contribution in [3.05, 3.63) is 23.8 Å². The number of alkyl halides is 3. The molecule has 0 radical (unpaired) electrons. The summed E-state index contributed by atoms with van der Waals surface area (Å²) in [6.45, 7) is -1.19. The molecule has 0 fully saturated rings. The van der Waals surface area contributed by atoms with Gasteiger partial charge in [0.25, 0.3) is 0 Å². The molecule has 2 aromatic rings. The van der Waals surface area contributed by atoms with Crippen LogP contribution < -0.4 is 0 Å². The van der Waals surface area contributed by atoms with Crippen LogP contribution in [-0.4, -0.2) is 21.2 Å². The van der Waals surface area contributed by atoms with Crippen LogP contribution in [0.3, 0.4) is 0 Å². The van der Waals surface area contributed by atoms with Crippen molar-refractivity contribution in [3.8, 4) is 6.07 Å². The molecule has 7 heteroatoms. The largest absolute Gasteiger partial charge is 0.408 e. The number of nitriles is 1. The summed E-state index contributed by atoms with van der Waals surface area (Å²) in [6, 6.07) is 6.11. The molecule has 4 nitrogen and oxygen atoms in total. The standard InChI is InChI=1S/C9H5F3N4/c10-9(11,12)5-16-8-2-1-6(4-13)3-7(8)14-15-16/h1-3H,5H2. The number of hydrogen-bond donors (Lipinski definition) is 0. The zero-order valence-electron chi connectivity index (χ0n) is 7.86. The number of hydrogen-bond acceptors (Lipinski definition) is 3. The molecule has 0 unspecified atom stereocenters. The normalized spacial score (nSPS) is 11.6. The maximum atomic E-state index is 12.2. The Bertz CT molecular complexity index is 564. The van der Waals surface area contributed by atoms with Gasteiger partial charge in [-0.25, -0.2) is 4.68 Å². The van der Waals surface area contributed by atoms with Crippen LogP contribution in [0.2, 0.25) is 0 Å². The van der Waals surface area contributed by atoms with Crippen LogP contribution in [-0.2, 0) is 6.54 Å². The van der Waals surface area contributed by atoms with E-state index in [1.807, 2.05) is 6.07 Å². The SMILES string of the molecule is N#Cc1ccc2c(c1)nnn2CC(F)(F)F. The van der Waals surface area contributed by atoms with Gasteiger partial charge in [-0.1, -0.05) is 5.21 Å². The van der Waals surface area contributed by atoms with Crippen molar-refractivity contribution in [2.75, 3.05) is 0 Å². The third kappa shape index (κ3) is 1.95. The Morgan fingerprint density at radius 2 is 2.12 bits per heavy atom. The molecule has 0 bridgehead atoms. The highest BCUT2D eigenvalue weighted by atomic mass is 19.4. The van der Waals surface area contributed by atoms with Crippen molar-refractivity contribution < 1.29 is 13.2 Å². The highest BCUT2D eigenvalue weighted by Gasteiger charge is 2.29. The molecule has 0 amide bonds. The van der Waals surface area contributed by atoms with Gasteiger partial charge in [0, 0.05) is 0 Å². The van der Waals surface area contributed by atoms with Gasteiger partial charge in [0.1, 0.15) is 12.1 Å². The minimum Gasteiger partial charge on any atom is -0.235 e. The number of aromatic nitrogens is 3. The smallest absolute Gasteiger partial charge is 0.235 e. The summed E-state index contributed by atoms with van der Waals surface area (Å²) in [5.41, 5.74) is 0.881. The monoisotopic (exact) mass is 226 g/mol. The van der Waals surface area contributed by atoms with Crippen LogP contribution in [0, 0.1) is 11.3 Å². The lowest BCUT2D eigenvalue weighted by Gasteiger charge is -2.05.